The Morgan fingerprint density at radius 2 is 2.05 bits per heavy atom. The summed E-state index contributed by atoms with van der Waals surface area (Å²) in [4.78, 5) is 13.5. The van der Waals surface area contributed by atoms with E-state index in [0.29, 0.717) is 19.6 Å². The van der Waals surface area contributed by atoms with E-state index in [-0.39, 0.29) is 5.56 Å². The normalized spacial score (nSPS) is 20.1. The van der Waals surface area contributed by atoms with Crippen LogP contribution < -0.4 is 5.32 Å². The van der Waals surface area contributed by atoms with E-state index in [9.17, 15) is 18.7 Å². The van der Waals surface area contributed by atoms with Crippen LogP contribution in [0.4, 0.5) is 8.78 Å². The van der Waals surface area contributed by atoms with Crippen molar-refractivity contribution in [2.24, 2.45) is 0 Å². The highest BCUT2D eigenvalue weighted by Crippen LogP contribution is 2.30. The number of hydrogen-bond donors (Lipinski definition) is 2. The molecule has 1 unspecified atom stereocenters. The molecule has 6 heteroatoms. The fourth-order valence-electron chi connectivity index (χ4n) is 2.53. The van der Waals surface area contributed by atoms with Crippen molar-refractivity contribution >= 4 is 5.97 Å². The van der Waals surface area contributed by atoms with Gasteiger partial charge in [-0.05, 0) is 37.6 Å². The van der Waals surface area contributed by atoms with Crippen molar-refractivity contribution in [1.82, 2.24) is 10.2 Å². The number of nitrogens with zero attached hydrogens (tertiary/aromatic N) is 1. The molecular formula is C14H18F2N2O2. The third kappa shape index (κ3) is 2.66. The lowest BCUT2D eigenvalue weighted by Gasteiger charge is -2.37. The van der Waals surface area contributed by atoms with Gasteiger partial charge in [0.25, 0.3) is 0 Å². The van der Waals surface area contributed by atoms with Crippen LogP contribution in [0.25, 0.3) is 0 Å². The summed E-state index contributed by atoms with van der Waals surface area (Å²) >= 11 is 0. The maximum absolute atomic E-state index is 13.4. The molecule has 110 valence electrons. The molecule has 0 amide bonds. The zero-order chi connectivity index (χ0) is 14.8. The zero-order valence-electron chi connectivity index (χ0n) is 11.3. The molecule has 1 fully saturated rings. The summed E-state index contributed by atoms with van der Waals surface area (Å²) in [6.07, 6.45) is 0.812. The van der Waals surface area contributed by atoms with Crippen LogP contribution in [0, 0.1) is 11.6 Å². The van der Waals surface area contributed by atoms with Gasteiger partial charge in [-0.25, -0.2) is 13.6 Å². The van der Waals surface area contributed by atoms with Gasteiger partial charge in [-0.2, -0.15) is 0 Å². The zero-order valence-corrected chi connectivity index (χ0v) is 11.3. The molecule has 0 aromatic heterocycles. The topological polar surface area (TPSA) is 52.6 Å². The fourth-order valence-corrected chi connectivity index (χ4v) is 2.53. The Bertz CT molecular complexity index is 502. The number of carboxylic acids is 1. The minimum atomic E-state index is -1.36. The lowest BCUT2D eigenvalue weighted by atomic mass is 9.89. The molecule has 1 saturated heterocycles. The van der Waals surface area contributed by atoms with Crippen LogP contribution in [0.1, 0.15) is 18.9 Å². The molecular weight excluding hydrogens is 266 g/mol. The smallest absolute Gasteiger partial charge is 0.328 e. The summed E-state index contributed by atoms with van der Waals surface area (Å²) < 4.78 is 26.5. The van der Waals surface area contributed by atoms with E-state index < -0.39 is 23.1 Å². The summed E-state index contributed by atoms with van der Waals surface area (Å²) in [5.74, 6) is -3.06. The Morgan fingerprint density at radius 3 is 2.70 bits per heavy atom. The van der Waals surface area contributed by atoms with E-state index in [2.05, 4.69) is 5.32 Å². The average molecular weight is 284 g/mol. The van der Waals surface area contributed by atoms with Gasteiger partial charge >= 0.3 is 5.97 Å². The SMILES string of the molecule is CC(C(=O)O)(c1ccc(F)c(F)c1)N1CCCNCC1. The second-order valence-corrected chi connectivity index (χ2v) is 5.10. The molecule has 0 aliphatic carbocycles. The van der Waals surface area contributed by atoms with Crippen LogP contribution >= 0.6 is 0 Å². The number of carboxylic acid groups (broad SMARTS) is 1. The lowest BCUT2D eigenvalue weighted by Crippen LogP contribution is -2.51. The number of benzene rings is 1. The quantitative estimate of drug-likeness (QED) is 0.884. The molecule has 0 bridgehead atoms. The van der Waals surface area contributed by atoms with E-state index in [4.69, 9.17) is 0 Å². The molecule has 0 spiro atoms. The second-order valence-electron chi connectivity index (χ2n) is 5.10. The highest BCUT2D eigenvalue weighted by molar-refractivity contribution is 5.80. The molecule has 1 aromatic rings. The van der Waals surface area contributed by atoms with Crippen LogP contribution in [0.15, 0.2) is 18.2 Å². The van der Waals surface area contributed by atoms with E-state index >= 15 is 0 Å². The van der Waals surface area contributed by atoms with Crippen molar-refractivity contribution in [3.8, 4) is 0 Å². The van der Waals surface area contributed by atoms with E-state index in [1.54, 1.807) is 4.90 Å². The first kappa shape index (κ1) is 14.9. The lowest BCUT2D eigenvalue weighted by molar-refractivity contribution is -0.151. The maximum atomic E-state index is 13.4. The maximum Gasteiger partial charge on any atom is 0.328 e. The van der Waals surface area contributed by atoms with Gasteiger partial charge in [0.15, 0.2) is 11.6 Å². The largest absolute Gasteiger partial charge is 0.480 e. The summed E-state index contributed by atoms with van der Waals surface area (Å²) in [5.41, 5.74) is -1.11. The first-order chi connectivity index (χ1) is 9.46. The van der Waals surface area contributed by atoms with Crippen molar-refractivity contribution in [3.05, 3.63) is 35.4 Å². The number of aliphatic carboxylic acids is 1. The van der Waals surface area contributed by atoms with E-state index in [1.165, 1.54) is 13.0 Å². The number of rotatable bonds is 3. The van der Waals surface area contributed by atoms with Gasteiger partial charge in [0.2, 0.25) is 0 Å². The highest BCUT2D eigenvalue weighted by Gasteiger charge is 2.41. The van der Waals surface area contributed by atoms with Crippen molar-refractivity contribution in [1.29, 1.82) is 0 Å². The van der Waals surface area contributed by atoms with Crippen LogP contribution in [0.3, 0.4) is 0 Å². The Kier molecular flexibility index (Phi) is 4.35. The van der Waals surface area contributed by atoms with Crippen LogP contribution in [-0.2, 0) is 10.3 Å². The van der Waals surface area contributed by atoms with E-state index in [0.717, 1.165) is 25.1 Å². The molecule has 2 rings (SSSR count). The number of nitrogens with one attached hydrogen (secondary N) is 1. The van der Waals surface area contributed by atoms with Gasteiger partial charge in [-0.15, -0.1) is 0 Å². The molecule has 4 nitrogen and oxygen atoms in total. The Morgan fingerprint density at radius 1 is 1.30 bits per heavy atom. The van der Waals surface area contributed by atoms with Crippen LogP contribution in [-0.4, -0.2) is 42.2 Å². The fraction of sp³-hybridized carbons (Fsp3) is 0.500. The number of carbonyl (C=O) groups is 1. The van der Waals surface area contributed by atoms with Gasteiger partial charge in [0.05, 0.1) is 0 Å². The first-order valence-electron chi connectivity index (χ1n) is 6.61. The molecule has 1 aliphatic rings. The van der Waals surface area contributed by atoms with Crippen molar-refractivity contribution in [3.63, 3.8) is 0 Å². The Hall–Kier alpha value is -1.53. The van der Waals surface area contributed by atoms with Crippen molar-refractivity contribution in [2.75, 3.05) is 26.2 Å². The molecule has 1 heterocycles. The third-order valence-corrected chi connectivity index (χ3v) is 3.87. The highest BCUT2D eigenvalue weighted by atomic mass is 19.2. The predicted molar refractivity (Wildman–Crippen MR) is 70.4 cm³/mol. The number of halogens is 2. The molecule has 1 aliphatic heterocycles. The summed E-state index contributed by atoms with van der Waals surface area (Å²) in [7, 11) is 0. The van der Waals surface area contributed by atoms with Gasteiger partial charge < -0.3 is 10.4 Å². The standard InChI is InChI=1S/C14H18F2N2O2/c1-14(13(19)20,18-7-2-5-17-6-8-18)10-3-4-11(15)12(16)9-10/h3-4,9,17H,2,5-8H2,1H3,(H,19,20). The Labute approximate surface area is 116 Å². The van der Waals surface area contributed by atoms with Crippen molar-refractivity contribution < 1.29 is 18.7 Å². The predicted octanol–water partition coefficient (Wildman–Crippen LogP) is 1.56. The van der Waals surface area contributed by atoms with Gasteiger partial charge in [0, 0.05) is 19.6 Å². The summed E-state index contributed by atoms with van der Waals surface area (Å²) in [6, 6.07) is 3.29. The number of hydrogen-bond acceptors (Lipinski definition) is 3. The van der Waals surface area contributed by atoms with Gasteiger partial charge in [0.1, 0.15) is 5.54 Å². The van der Waals surface area contributed by atoms with Gasteiger partial charge in [-0.3, -0.25) is 4.90 Å². The minimum Gasteiger partial charge on any atom is -0.480 e. The summed E-state index contributed by atoms with van der Waals surface area (Å²) in [5, 5.41) is 12.8. The van der Waals surface area contributed by atoms with Crippen molar-refractivity contribution in [2.45, 2.75) is 18.9 Å². The van der Waals surface area contributed by atoms with E-state index in [1.807, 2.05) is 0 Å². The van der Waals surface area contributed by atoms with Gasteiger partial charge in [-0.1, -0.05) is 6.07 Å². The third-order valence-electron chi connectivity index (χ3n) is 3.87. The molecule has 2 N–H and O–H groups in total. The Balaban J connectivity index is 2.41. The molecule has 0 radical (unpaired) electrons. The van der Waals surface area contributed by atoms with Crippen LogP contribution in [0.2, 0.25) is 0 Å². The average Bonchev–Trinajstić information content (AvgIpc) is 2.70. The first-order valence-corrected chi connectivity index (χ1v) is 6.61. The molecule has 0 saturated carbocycles. The molecule has 1 aromatic carbocycles. The van der Waals surface area contributed by atoms with Crippen LogP contribution in [0.5, 0.6) is 0 Å². The molecule has 20 heavy (non-hydrogen) atoms. The molecule has 1 atom stereocenters. The monoisotopic (exact) mass is 284 g/mol. The minimum absolute atomic E-state index is 0.255. The summed E-state index contributed by atoms with van der Waals surface area (Å²) in [6.45, 7) is 4.17. The second kappa shape index (κ2) is 5.85.